The molecule has 0 radical (unpaired) electrons. The predicted molar refractivity (Wildman–Crippen MR) is 103 cm³/mol. The summed E-state index contributed by atoms with van der Waals surface area (Å²) < 4.78 is 14.6. The molecule has 2 aromatic carbocycles. The van der Waals surface area contributed by atoms with E-state index in [0.29, 0.717) is 29.3 Å². The van der Waals surface area contributed by atoms with E-state index in [2.05, 4.69) is 20.7 Å². The molecular formula is C20H20FN5O2. The molecule has 0 saturated carbocycles. The normalized spacial score (nSPS) is 10.5. The monoisotopic (exact) mass is 381 g/mol. The fourth-order valence-corrected chi connectivity index (χ4v) is 2.62. The van der Waals surface area contributed by atoms with E-state index in [9.17, 15) is 14.0 Å². The molecule has 3 aromatic rings. The minimum atomic E-state index is -0.542. The van der Waals surface area contributed by atoms with Crippen molar-refractivity contribution in [1.29, 1.82) is 0 Å². The third kappa shape index (κ3) is 4.22. The lowest BCUT2D eigenvalue weighted by molar-refractivity contribution is 0.0954. The van der Waals surface area contributed by atoms with Crippen molar-refractivity contribution in [2.45, 2.75) is 20.3 Å². The highest BCUT2D eigenvalue weighted by Crippen LogP contribution is 2.16. The van der Waals surface area contributed by atoms with Crippen molar-refractivity contribution in [1.82, 2.24) is 20.1 Å². The summed E-state index contributed by atoms with van der Waals surface area (Å²) in [6, 6.07) is 12.4. The largest absolute Gasteiger partial charge is 0.352 e. The van der Waals surface area contributed by atoms with Crippen LogP contribution in [0.3, 0.4) is 0 Å². The van der Waals surface area contributed by atoms with Gasteiger partial charge in [0, 0.05) is 6.54 Å². The molecule has 0 bridgehead atoms. The number of hydrogen-bond acceptors (Lipinski definition) is 4. The molecule has 0 saturated heterocycles. The molecule has 28 heavy (non-hydrogen) atoms. The maximum atomic E-state index is 13.1. The molecule has 0 spiro atoms. The summed E-state index contributed by atoms with van der Waals surface area (Å²) in [7, 11) is 0. The lowest BCUT2D eigenvalue weighted by atomic mass is 10.1. The van der Waals surface area contributed by atoms with E-state index in [1.807, 2.05) is 6.92 Å². The molecule has 0 atom stereocenters. The number of nitrogens with one attached hydrogen (secondary N) is 2. The average Bonchev–Trinajstić information content (AvgIpc) is 3.09. The van der Waals surface area contributed by atoms with Crippen molar-refractivity contribution in [3.8, 4) is 5.69 Å². The van der Waals surface area contributed by atoms with E-state index < -0.39 is 5.91 Å². The average molecular weight is 381 g/mol. The maximum absolute atomic E-state index is 13.1. The number of halogens is 1. The van der Waals surface area contributed by atoms with Gasteiger partial charge in [0.2, 0.25) is 5.82 Å². The number of aryl methyl sites for hydroxylation is 1. The van der Waals surface area contributed by atoms with Gasteiger partial charge < -0.3 is 10.6 Å². The maximum Gasteiger partial charge on any atom is 0.295 e. The van der Waals surface area contributed by atoms with Crippen molar-refractivity contribution in [2.24, 2.45) is 0 Å². The Labute approximate surface area is 161 Å². The summed E-state index contributed by atoms with van der Waals surface area (Å²) in [4.78, 5) is 29.1. The van der Waals surface area contributed by atoms with Crippen molar-refractivity contribution in [2.75, 3.05) is 11.9 Å². The van der Waals surface area contributed by atoms with Crippen LogP contribution in [0.25, 0.3) is 5.69 Å². The number of aromatic nitrogens is 3. The highest BCUT2D eigenvalue weighted by Gasteiger charge is 2.18. The predicted octanol–water partition coefficient (Wildman–Crippen LogP) is 3.11. The molecule has 2 N–H and O–H groups in total. The van der Waals surface area contributed by atoms with Crippen LogP contribution in [0.15, 0.2) is 48.5 Å². The Morgan fingerprint density at radius 3 is 2.50 bits per heavy atom. The molecular weight excluding hydrogens is 361 g/mol. The van der Waals surface area contributed by atoms with Crippen LogP contribution in [-0.2, 0) is 0 Å². The molecule has 0 aliphatic rings. The summed E-state index contributed by atoms with van der Waals surface area (Å²) in [6.45, 7) is 4.20. The second-order valence-electron chi connectivity index (χ2n) is 6.13. The molecule has 0 aliphatic heterocycles. The van der Waals surface area contributed by atoms with Crippen molar-refractivity contribution >= 4 is 17.5 Å². The Hall–Kier alpha value is -3.55. The Morgan fingerprint density at radius 2 is 1.79 bits per heavy atom. The van der Waals surface area contributed by atoms with E-state index in [-0.39, 0.29) is 17.5 Å². The number of carbonyl (C=O) groups is 2. The standard InChI is InChI=1S/C20H20FN5O2/c1-3-12-22-19(27)16-6-4-5-7-17(16)24-20(28)18-23-13(2)26(25-18)15-10-8-14(21)9-11-15/h4-11H,3,12H2,1-2H3,(H,22,27)(H,24,28). The number of hydrogen-bond donors (Lipinski definition) is 2. The number of rotatable bonds is 6. The molecule has 0 fully saturated rings. The van der Waals surface area contributed by atoms with E-state index in [1.165, 1.54) is 16.8 Å². The fraction of sp³-hybridized carbons (Fsp3) is 0.200. The number of carbonyl (C=O) groups excluding carboxylic acids is 2. The van der Waals surface area contributed by atoms with Crippen LogP contribution in [0.1, 0.15) is 40.1 Å². The second-order valence-corrected chi connectivity index (χ2v) is 6.13. The van der Waals surface area contributed by atoms with Gasteiger partial charge in [-0.2, -0.15) is 0 Å². The van der Waals surface area contributed by atoms with Gasteiger partial charge in [0.05, 0.1) is 16.9 Å². The Morgan fingerprint density at radius 1 is 1.07 bits per heavy atom. The van der Waals surface area contributed by atoms with E-state index >= 15 is 0 Å². The molecule has 3 rings (SSSR count). The molecule has 2 amide bonds. The van der Waals surface area contributed by atoms with Crippen LogP contribution < -0.4 is 10.6 Å². The summed E-state index contributed by atoms with van der Waals surface area (Å²) in [5.41, 5.74) is 1.32. The van der Waals surface area contributed by atoms with Crippen LogP contribution in [0.2, 0.25) is 0 Å². The first-order chi connectivity index (χ1) is 13.5. The molecule has 7 nitrogen and oxygen atoms in total. The van der Waals surface area contributed by atoms with Gasteiger partial charge in [-0.25, -0.2) is 14.1 Å². The summed E-state index contributed by atoms with van der Waals surface area (Å²) in [6.07, 6.45) is 0.810. The zero-order chi connectivity index (χ0) is 20.1. The topological polar surface area (TPSA) is 88.9 Å². The second kappa shape index (κ2) is 8.43. The van der Waals surface area contributed by atoms with Gasteiger partial charge in [-0.15, -0.1) is 5.10 Å². The fourth-order valence-electron chi connectivity index (χ4n) is 2.62. The molecule has 0 aliphatic carbocycles. The van der Waals surface area contributed by atoms with E-state index in [1.54, 1.807) is 43.3 Å². The van der Waals surface area contributed by atoms with Gasteiger partial charge >= 0.3 is 0 Å². The molecule has 1 heterocycles. The first-order valence-electron chi connectivity index (χ1n) is 8.87. The highest BCUT2D eigenvalue weighted by molar-refractivity contribution is 6.07. The van der Waals surface area contributed by atoms with Crippen molar-refractivity contribution in [3.63, 3.8) is 0 Å². The third-order valence-corrected chi connectivity index (χ3v) is 4.00. The van der Waals surface area contributed by atoms with Crippen LogP contribution in [0.4, 0.5) is 10.1 Å². The van der Waals surface area contributed by atoms with Gasteiger partial charge in [-0.1, -0.05) is 19.1 Å². The zero-order valence-corrected chi connectivity index (χ0v) is 15.6. The van der Waals surface area contributed by atoms with Gasteiger partial charge in [0.25, 0.3) is 11.8 Å². The van der Waals surface area contributed by atoms with Crippen LogP contribution >= 0.6 is 0 Å². The number of anilines is 1. The molecule has 1 aromatic heterocycles. The minimum absolute atomic E-state index is 0.0504. The summed E-state index contributed by atoms with van der Waals surface area (Å²) in [5, 5.41) is 9.67. The Bertz CT molecular complexity index is 998. The zero-order valence-electron chi connectivity index (χ0n) is 15.6. The number of para-hydroxylation sites is 1. The SMILES string of the molecule is CCCNC(=O)c1ccccc1NC(=O)c1nc(C)n(-c2ccc(F)cc2)n1. The number of nitrogens with zero attached hydrogens (tertiary/aromatic N) is 3. The van der Waals surface area contributed by atoms with E-state index in [4.69, 9.17) is 0 Å². The number of amides is 2. The smallest absolute Gasteiger partial charge is 0.295 e. The number of benzene rings is 2. The van der Waals surface area contributed by atoms with Gasteiger partial charge in [-0.05, 0) is 49.7 Å². The van der Waals surface area contributed by atoms with E-state index in [0.717, 1.165) is 6.42 Å². The lowest BCUT2D eigenvalue weighted by Crippen LogP contribution is -2.26. The quantitative estimate of drug-likeness (QED) is 0.687. The first-order valence-corrected chi connectivity index (χ1v) is 8.87. The lowest BCUT2D eigenvalue weighted by Gasteiger charge is -2.10. The minimum Gasteiger partial charge on any atom is -0.352 e. The van der Waals surface area contributed by atoms with Crippen LogP contribution in [0.5, 0.6) is 0 Å². The summed E-state index contributed by atoms with van der Waals surface area (Å²) in [5.74, 6) is -0.743. The van der Waals surface area contributed by atoms with Crippen molar-refractivity contribution in [3.05, 3.63) is 71.6 Å². The molecule has 144 valence electrons. The van der Waals surface area contributed by atoms with Gasteiger partial charge in [0.15, 0.2) is 0 Å². The van der Waals surface area contributed by atoms with Crippen LogP contribution in [-0.4, -0.2) is 33.1 Å². The summed E-state index contributed by atoms with van der Waals surface area (Å²) >= 11 is 0. The highest BCUT2D eigenvalue weighted by atomic mass is 19.1. The van der Waals surface area contributed by atoms with Crippen molar-refractivity contribution < 1.29 is 14.0 Å². The first kappa shape index (κ1) is 19.2. The van der Waals surface area contributed by atoms with Gasteiger partial charge in [0.1, 0.15) is 11.6 Å². The van der Waals surface area contributed by atoms with Gasteiger partial charge in [-0.3, -0.25) is 9.59 Å². The third-order valence-electron chi connectivity index (χ3n) is 4.00. The Kier molecular flexibility index (Phi) is 5.78. The Balaban J connectivity index is 1.82. The molecule has 0 unspecified atom stereocenters. The molecule has 8 heteroatoms. The van der Waals surface area contributed by atoms with Crippen LogP contribution in [0, 0.1) is 12.7 Å².